The van der Waals surface area contributed by atoms with E-state index in [0.29, 0.717) is 36.5 Å². The van der Waals surface area contributed by atoms with Gasteiger partial charge in [0.05, 0.1) is 28.7 Å². The first-order valence-electron chi connectivity index (χ1n) is 8.83. The number of alkyl halides is 3. The molecule has 0 aliphatic heterocycles. The Hall–Kier alpha value is -2.35. The van der Waals surface area contributed by atoms with Gasteiger partial charge in [-0.3, -0.25) is 4.79 Å². The third-order valence-electron chi connectivity index (χ3n) is 4.61. The second kappa shape index (κ2) is 7.72. The van der Waals surface area contributed by atoms with Gasteiger partial charge in [0, 0.05) is 33.2 Å². The molecule has 8 heteroatoms. The number of methoxy groups -OCH3 is 1. The SMILES string of the molecule is COCCCN(C)C(=O)c1cnn(-c2cccc(C(F)(F)F)c2)c1C1CC1. The van der Waals surface area contributed by atoms with E-state index in [1.807, 2.05) is 0 Å². The number of rotatable bonds is 7. The van der Waals surface area contributed by atoms with Crippen LogP contribution in [0.4, 0.5) is 13.2 Å². The number of benzene rings is 1. The maximum atomic E-state index is 13.0. The Morgan fingerprint density at radius 3 is 2.74 bits per heavy atom. The predicted molar refractivity (Wildman–Crippen MR) is 94.0 cm³/mol. The Morgan fingerprint density at radius 2 is 2.11 bits per heavy atom. The molecule has 0 unspecified atom stereocenters. The van der Waals surface area contributed by atoms with Gasteiger partial charge in [0.2, 0.25) is 0 Å². The maximum Gasteiger partial charge on any atom is 0.416 e. The van der Waals surface area contributed by atoms with Crippen LogP contribution in [0.3, 0.4) is 0 Å². The molecule has 0 atom stereocenters. The van der Waals surface area contributed by atoms with Gasteiger partial charge in [-0.25, -0.2) is 4.68 Å². The van der Waals surface area contributed by atoms with Crippen molar-refractivity contribution in [1.29, 1.82) is 0 Å². The van der Waals surface area contributed by atoms with Gasteiger partial charge in [0.1, 0.15) is 0 Å². The summed E-state index contributed by atoms with van der Waals surface area (Å²) in [4.78, 5) is 14.4. The first kappa shape index (κ1) is 19.4. The van der Waals surface area contributed by atoms with Crippen LogP contribution in [0.25, 0.3) is 5.69 Å². The minimum absolute atomic E-state index is 0.147. The Labute approximate surface area is 155 Å². The largest absolute Gasteiger partial charge is 0.416 e. The molecule has 0 bridgehead atoms. The van der Waals surface area contributed by atoms with Crippen molar-refractivity contribution in [1.82, 2.24) is 14.7 Å². The summed E-state index contributed by atoms with van der Waals surface area (Å²) in [6, 6.07) is 5.02. The lowest BCUT2D eigenvalue weighted by Gasteiger charge is -2.17. The first-order valence-corrected chi connectivity index (χ1v) is 8.83. The third kappa shape index (κ3) is 4.32. The zero-order valence-electron chi connectivity index (χ0n) is 15.3. The Balaban J connectivity index is 1.92. The van der Waals surface area contributed by atoms with Gasteiger partial charge in [-0.15, -0.1) is 0 Å². The summed E-state index contributed by atoms with van der Waals surface area (Å²) >= 11 is 0. The molecular weight excluding hydrogens is 359 g/mol. The number of hydrogen-bond acceptors (Lipinski definition) is 3. The number of hydrogen-bond donors (Lipinski definition) is 0. The number of amides is 1. The third-order valence-corrected chi connectivity index (χ3v) is 4.61. The Kier molecular flexibility index (Phi) is 5.55. The zero-order valence-corrected chi connectivity index (χ0v) is 15.3. The van der Waals surface area contributed by atoms with Crippen molar-refractivity contribution >= 4 is 5.91 Å². The quantitative estimate of drug-likeness (QED) is 0.684. The molecular formula is C19H22F3N3O2. The monoisotopic (exact) mass is 381 g/mol. The van der Waals surface area contributed by atoms with Crippen molar-refractivity contribution in [2.45, 2.75) is 31.4 Å². The zero-order chi connectivity index (χ0) is 19.6. The van der Waals surface area contributed by atoms with Crippen molar-refractivity contribution in [3.05, 3.63) is 47.3 Å². The molecule has 1 heterocycles. The van der Waals surface area contributed by atoms with Gasteiger partial charge in [-0.1, -0.05) is 6.07 Å². The number of halogens is 3. The molecule has 1 aromatic carbocycles. The van der Waals surface area contributed by atoms with Crippen molar-refractivity contribution in [2.24, 2.45) is 0 Å². The summed E-state index contributed by atoms with van der Waals surface area (Å²) in [5.41, 5.74) is 0.724. The van der Waals surface area contributed by atoms with E-state index < -0.39 is 11.7 Å². The molecule has 1 aliphatic carbocycles. The summed E-state index contributed by atoms with van der Waals surface area (Å²) in [5.74, 6) is -0.0282. The molecule has 0 spiro atoms. The maximum absolute atomic E-state index is 13.0. The van der Waals surface area contributed by atoms with Gasteiger partial charge in [0.25, 0.3) is 5.91 Å². The fraction of sp³-hybridized carbons (Fsp3) is 0.474. The second-order valence-corrected chi connectivity index (χ2v) is 6.75. The lowest BCUT2D eigenvalue weighted by Crippen LogP contribution is -2.29. The van der Waals surface area contributed by atoms with E-state index in [0.717, 1.165) is 25.0 Å². The fourth-order valence-electron chi connectivity index (χ4n) is 3.05. The van der Waals surface area contributed by atoms with Crippen LogP contribution in [-0.4, -0.2) is 47.9 Å². The molecule has 0 saturated heterocycles. The smallest absolute Gasteiger partial charge is 0.385 e. The molecule has 3 rings (SSSR count). The van der Waals surface area contributed by atoms with Gasteiger partial charge in [-0.2, -0.15) is 18.3 Å². The number of ether oxygens (including phenoxy) is 1. The highest BCUT2D eigenvalue weighted by Gasteiger charge is 2.35. The molecule has 1 saturated carbocycles. The van der Waals surface area contributed by atoms with Gasteiger partial charge < -0.3 is 9.64 Å². The van der Waals surface area contributed by atoms with Crippen LogP contribution >= 0.6 is 0 Å². The standard InChI is InChI=1S/C19H22F3N3O2/c1-24(9-4-10-27-2)18(26)16-12-23-25(17(16)13-7-8-13)15-6-3-5-14(11-15)19(20,21)22/h3,5-6,11-13H,4,7-10H2,1-2H3. The van der Waals surface area contributed by atoms with E-state index in [4.69, 9.17) is 4.74 Å². The van der Waals surface area contributed by atoms with Crippen LogP contribution in [0.5, 0.6) is 0 Å². The summed E-state index contributed by atoms with van der Waals surface area (Å²) in [7, 11) is 3.31. The van der Waals surface area contributed by atoms with Crippen molar-refractivity contribution in [2.75, 3.05) is 27.3 Å². The van der Waals surface area contributed by atoms with Crippen LogP contribution in [0.1, 0.15) is 46.8 Å². The molecule has 146 valence electrons. The Morgan fingerprint density at radius 1 is 1.37 bits per heavy atom. The lowest BCUT2D eigenvalue weighted by atomic mass is 10.1. The van der Waals surface area contributed by atoms with E-state index >= 15 is 0 Å². The van der Waals surface area contributed by atoms with Crippen LogP contribution in [-0.2, 0) is 10.9 Å². The van der Waals surface area contributed by atoms with Gasteiger partial charge in [-0.05, 0) is 37.5 Å². The van der Waals surface area contributed by atoms with E-state index in [9.17, 15) is 18.0 Å². The molecule has 2 aromatic rings. The minimum atomic E-state index is -4.43. The second-order valence-electron chi connectivity index (χ2n) is 6.75. The molecule has 1 aromatic heterocycles. The topological polar surface area (TPSA) is 47.4 Å². The molecule has 1 aliphatic rings. The lowest BCUT2D eigenvalue weighted by molar-refractivity contribution is -0.137. The van der Waals surface area contributed by atoms with E-state index in [1.165, 1.54) is 16.9 Å². The number of carbonyl (C=O) groups excluding carboxylic acids is 1. The molecule has 0 N–H and O–H groups in total. The highest BCUT2D eigenvalue weighted by molar-refractivity contribution is 5.95. The van der Waals surface area contributed by atoms with Crippen molar-refractivity contribution in [3.63, 3.8) is 0 Å². The summed E-state index contributed by atoms with van der Waals surface area (Å²) in [6.45, 7) is 1.09. The normalized spacial score (nSPS) is 14.4. The highest BCUT2D eigenvalue weighted by Crippen LogP contribution is 2.43. The van der Waals surface area contributed by atoms with E-state index in [1.54, 1.807) is 25.1 Å². The van der Waals surface area contributed by atoms with Crippen molar-refractivity contribution in [3.8, 4) is 5.69 Å². The molecule has 5 nitrogen and oxygen atoms in total. The number of carbonyl (C=O) groups is 1. The summed E-state index contributed by atoms with van der Waals surface area (Å²) in [5, 5.41) is 4.25. The average Bonchev–Trinajstić information content (AvgIpc) is 3.38. The minimum Gasteiger partial charge on any atom is -0.385 e. The summed E-state index contributed by atoms with van der Waals surface area (Å²) in [6.07, 6.45) is -0.456. The molecule has 0 radical (unpaired) electrons. The van der Waals surface area contributed by atoms with Crippen molar-refractivity contribution < 1.29 is 22.7 Å². The van der Waals surface area contributed by atoms with Crippen LogP contribution in [0.15, 0.2) is 30.5 Å². The van der Waals surface area contributed by atoms with E-state index in [2.05, 4.69) is 5.10 Å². The Bertz CT molecular complexity index is 813. The number of aromatic nitrogens is 2. The number of nitrogens with zero attached hydrogens (tertiary/aromatic N) is 3. The molecule has 27 heavy (non-hydrogen) atoms. The van der Waals surface area contributed by atoms with Gasteiger partial charge in [0.15, 0.2) is 0 Å². The first-order chi connectivity index (χ1) is 12.8. The average molecular weight is 381 g/mol. The fourth-order valence-corrected chi connectivity index (χ4v) is 3.05. The summed E-state index contributed by atoms with van der Waals surface area (Å²) < 4.78 is 45.6. The van der Waals surface area contributed by atoms with Gasteiger partial charge >= 0.3 is 6.18 Å². The highest BCUT2D eigenvalue weighted by atomic mass is 19.4. The predicted octanol–water partition coefficient (Wildman–Crippen LogP) is 3.88. The van der Waals surface area contributed by atoms with Crippen LogP contribution < -0.4 is 0 Å². The molecule has 1 amide bonds. The molecule has 1 fully saturated rings. The van der Waals surface area contributed by atoms with Crippen LogP contribution in [0.2, 0.25) is 0 Å². The van der Waals surface area contributed by atoms with E-state index in [-0.39, 0.29) is 11.8 Å². The van der Waals surface area contributed by atoms with Crippen LogP contribution in [0, 0.1) is 0 Å².